The third-order valence-electron chi connectivity index (χ3n) is 6.65. The second-order valence-electron chi connectivity index (χ2n) is 9.87. The maximum absolute atomic E-state index is 12.7. The fourth-order valence-electron chi connectivity index (χ4n) is 4.11. The zero-order chi connectivity index (χ0) is 31.7. The van der Waals surface area contributed by atoms with Gasteiger partial charge in [0.2, 0.25) is 5.78 Å². The third kappa shape index (κ3) is 9.77. The molecule has 1 aromatic carbocycles. The molecular formula is C26H35F9O4S2. The number of hydrogen-bond donors (Lipinski definition) is 0. The van der Waals surface area contributed by atoms with E-state index < -0.39 is 33.4 Å². The van der Waals surface area contributed by atoms with E-state index in [9.17, 15) is 57.3 Å². The average Bonchev–Trinajstić information content (AvgIpc) is 2.89. The molecule has 0 spiro atoms. The van der Waals surface area contributed by atoms with Gasteiger partial charge in [0.15, 0.2) is 15.9 Å². The summed E-state index contributed by atoms with van der Waals surface area (Å²) in [5, 5.41) is -7.11. The van der Waals surface area contributed by atoms with Gasteiger partial charge < -0.3 is 4.55 Å². The Hall–Kier alpha value is -1.48. The largest absolute Gasteiger partial charge is 0.743 e. The van der Waals surface area contributed by atoms with Crippen molar-refractivity contribution in [2.45, 2.75) is 101 Å². The lowest BCUT2D eigenvalue weighted by molar-refractivity contribution is -0.382. The van der Waals surface area contributed by atoms with Crippen LogP contribution in [0, 0.1) is 0 Å². The standard InChI is InChI=1S/C22H35OS.C4HF9O3S/c1-3-5-16-24(17-6-4-2)18-22(23)21-14-12-20(13-15-21)19-10-8-7-9-11-19;5-1(6,3(9,10)11)2(7,8)4(12,13)17(14,15)16/h12-15,19H,3-11,16-18H2,1-2H3;(H,14,15,16)/q+1;/p-1. The Morgan fingerprint density at radius 1 is 0.829 bits per heavy atom. The van der Waals surface area contributed by atoms with Gasteiger partial charge in [0.1, 0.15) is 11.5 Å². The zero-order valence-corrected chi connectivity index (χ0v) is 24.4. The second kappa shape index (κ2) is 15.3. The number of carbonyl (C=O) groups is 1. The van der Waals surface area contributed by atoms with Crippen molar-refractivity contribution in [3.05, 3.63) is 35.4 Å². The van der Waals surface area contributed by atoms with Crippen molar-refractivity contribution in [1.29, 1.82) is 0 Å². The molecule has 1 aliphatic carbocycles. The van der Waals surface area contributed by atoms with Gasteiger partial charge in [-0.25, -0.2) is 8.42 Å². The van der Waals surface area contributed by atoms with Crippen molar-refractivity contribution in [1.82, 2.24) is 0 Å². The van der Waals surface area contributed by atoms with Gasteiger partial charge in [-0.1, -0.05) is 70.2 Å². The Bertz CT molecular complexity index is 1050. The molecule has 15 heteroatoms. The molecule has 2 rings (SSSR count). The van der Waals surface area contributed by atoms with E-state index in [-0.39, 0.29) is 10.9 Å². The molecule has 0 saturated heterocycles. The lowest BCUT2D eigenvalue weighted by atomic mass is 9.84. The minimum atomic E-state index is -7.43. The third-order valence-corrected chi connectivity index (χ3v) is 9.93. The van der Waals surface area contributed by atoms with E-state index in [2.05, 4.69) is 38.1 Å². The summed E-state index contributed by atoms with van der Waals surface area (Å²) in [5.74, 6) is -10.5. The molecule has 0 aliphatic heterocycles. The molecule has 0 bridgehead atoms. The van der Waals surface area contributed by atoms with Crippen LogP contribution >= 0.6 is 0 Å². The Labute approximate surface area is 237 Å². The van der Waals surface area contributed by atoms with Crippen LogP contribution in [-0.2, 0) is 21.0 Å². The summed E-state index contributed by atoms with van der Waals surface area (Å²) in [7, 11) is -7.13. The lowest BCUT2D eigenvalue weighted by Gasteiger charge is -2.34. The minimum Gasteiger partial charge on any atom is -0.743 e. The van der Waals surface area contributed by atoms with Gasteiger partial charge in [-0.15, -0.1) is 0 Å². The minimum absolute atomic E-state index is 0.286. The molecule has 0 radical (unpaired) electrons. The highest BCUT2D eigenvalue weighted by Crippen LogP contribution is 2.54. The van der Waals surface area contributed by atoms with Crippen molar-refractivity contribution in [3.63, 3.8) is 0 Å². The quantitative estimate of drug-likeness (QED) is 0.0940. The molecule has 1 aliphatic rings. The molecular weight excluding hydrogens is 611 g/mol. The normalized spacial score (nSPS) is 15.9. The number of benzene rings is 1. The molecule has 238 valence electrons. The maximum atomic E-state index is 12.7. The highest BCUT2D eigenvalue weighted by atomic mass is 32.2. The summed E-state index contributed by atoms with van der Waals surface area (Å²) in [4.78, 5) is 12.7. The van der Waals surface area contributed by atoms with Crippen LogP contribution in [0.5, 0.6) is 0 Å². The van der Waals surface area contributed by atoms with E-state index in [1.165, 1.54) is 74.9 Å². The Morgan fingerprint density at radius 2 is 1.29 bits per heavy atom. The fourth-order valence-corrected chi connectivity index (χ4v) is 6.97. The van der Waals surface area contributed by atoms with Crippen LogP contribution in [0.2, 0.25) is 0 Å². The van der Waals surface area contributed by atoms with Crippen LogP contribution in [0.15, 0.2) is 24.3 Å². The number of ketones is 1. The van der Waals surface area contributed by atoms with Crippen LogP contribution in [0.4, 0.5) is 39.5 Å². The molecule has 0 N–H and O–H groups in total. The van der Waals surface area contributed by atoms with Gasteiger partial charge >= 0.3 is 23.3 Å². The van der Waals surface area contributed by atoms with E-state index in [0.717, 1.165) is 17.2 Å². The summed E-state index contributed by atoms with van der Waals surface area (Å²) in [6, 6.07) is 8.62. The highest BCUT2D eigenvalue weighted by Gasteiger charge is 2.83. The van der Waals surface area contributed by atoms with Gasteiger partial charge in [-0.3, -0.25) is 4.79 Å². The second-order valence-corrected chi connectivity index (χ2v) is 13.6. The van der Waals surface area contributed by atoms with E-state index >= 15 is 0 Å². The fraction of sp³-hybridized carbons (Fsp3) is 0.731. The van der Waals surface area contributed by atoms with Crippen molar-refractivity contribution < 1.29 is 57.3 Å². The number of alkyl halides is 9. The van der Waals surface area contributed by atoms with Crippen molar-refractivity contribution >= 4 is 26.8 Å². The first kappa shape index (κ1) is 37.5. The van der Waals surface area contributed by atoms with E-state index in [1.807, 2.05) is 0 Å². The van der Waals surface area contributed by atoms with Crippen LogP contribution in [0.25, 0.3) is 0 Å². The van der Waals surface area contributed by atoms with Gasteiger partial charge in [0.05, 0.1) is 0 Å². The number of halogens is 9. The van der Waals surface area contributed by atoms with Crippen LogP contribution in [0.3, 0.4) is 0 Å². The molecule has 4 nitrogen and oxygen atoms in total. The van der Waals surface area contributed by atoms with Crippen molar-refractivity contribution in [2.24, 2.45) is 0 Å². The first-order valence-electron chi connectivity index (χ1n) is 13.2. The Kier molecular flexibility index (Phi) is 14.0. The molecule has 1 aromatic rings. The SMILES string of the molecule is CCCC[S+](CCCC)CC(=O)c1ccc(C2CCCCC2)cc1.O=S(=O)([O-])C(F)(F)C(F)(F)C(F)(F)C(F)(F)F. The highest BCUT2D eigenvalue weighted by molar-refractivity contribution is 7.97. The van der Waals surface area contributed by atoms with Crippen molar-refractivity contribution in [3.8, 4) is 0 Å². The smallest absolute Gasteiger partial charge is 0.460 e. The maximum Gasteiger partial charge on any atom is 0.460 e. The topological polar surface area (TPSA) is 74.3 Å². The van der Waals surface area contributed by atoms with Crippen LogP contribution < -0.4 is 0 Å². The van der Waals surface area contributed by atoms with Gasteiger partial charge in [0.25, 0.3) is 0 Å². The van der Waals surface area contributed by atoms with Gasteiger partial charge in [-0.05, 0) is 48.1 Å². The number of hydrogen-bond acceptors (Lipinski definition) is 4. The molecule has 0 heterocycles. The van der Waals surface area contributed by atoms with Crippen LogP contribution in [-0.4, -0.2) is 59.3 Å². The predicted octanol–water partition coefficient (Wildman–Crippen LogP) is 8.09. The molecule has 41 heavy (non-hydrogen) atoms. The Morgan fingerprint density at radius 3 is 1.68 bits per heavy atom. The Balaban J connectivity index is 0.000000438. The lowest BCUT2D eigenvalue weighted by Crippen LogP contribution is -2.63. The molecule has 0 unspecified atom stereocenters. The summed E-state index contributed by atoms with van der Waals surface area (Å²) in [6.07, 6.45) is 4.61. The molecule has 1 fully saturated rings. The average molecular weight is 647 g/mol. The first-order valence-corrected chi connectivity index (χ1v) is 16.3. The number of unbranched alkanes of at least 4 members (excludes halogenated alkanes) is 2. The molecule has 0 amide bonds. The zero-order valence-electron chi connectivity index (χ0n) is 22.7. The van der Waals surface area contributed by atoms with E-state index in [4.69, 9.17) is 0 Å². The molecule has 0 atom stereocenters. The van der Waals surface area contributed by atoms with E-state index in [1.54, 1.807) is 0 Å². The predicted molar refractivity (Wildman–Crippen MR) is 139 cm³/mol. The summed E-state index contributed by atoms with van der Waals surface area (Å²) in [5.41, 5.74) is 2.38. The van der Waals surface area contributed by atoms with Crippen LogP contribution in [0.1, 0.15) is 93.5 Å². The first-order chi connectivity index (χ1) is 18.7. The van der Waals surface area contributed by atoms with Gasteiger partial charge in [-0.2, -0.15) is 39.5 Å². The number of carbonyl (C=O) groups excluding carboxylic acids is 1. The van der Waals surface area contributed by atoms with E-state index in [0.29, 0.717) is 5.78 Å². The number of rotatable bonds is 13. The molecule has 1 saturated carbocycles. The number of Topliss-reactive ketones (excluding diaryl/α,β-unsaturated/α-hetero) is 1. The monoisotopic (exact) mass is 646 g/mol. The van der Waals surface area contributed by atoms with Gasteiger partial charge in [0, 0.05) is 5.56 Å². The summed E-state index contributed by atoms with van der Waals surface area (Å²) in [6.45, 7) is 4.49. The summed E-state index contributed by atoms with van der Waals surface area (Å²) < 4.78 is 135. The van der Waals surface area contributed by atoms with Crippen molar-refractivity contribution in [2.75, 3.05) is 17.3 Å². The molecule has 0 aromatic heterocycles. The summed E-state index contributed by atoms with van der Waals surface area (Å²) >= 11 is 0.